The van der Waals surface area contributed by atoms with Crippen molar-refractivity contribution >= 4 is 12.1 Å². The highest BCUT2D eigenvalue weighted by atomic mass is 16.6. The molecular formula is C20H24N2O5. The maximum absolute atomic E-state index is 11.8. The van der Waals surface area contributed by atoms with Crippen molar-refractivity contribution in [2.24, 2.45) is 0 Å². The quantitative estimate of drug-likeness (QED) is 0.783. The number of hydrogen-bond donors (Lipinski definition) is 1. The van der Waals surface area contributed by atoms with Gasteiger partial charge in [-0.05, 0) is 56.2 Å². The second kappa shape index (κ2) is 9.02. The maximum atomic E-state index is 11.8. The molecule has 0 aliphatic rings. The van der Waals surface area contributed by atoms with Gasteiger partial charge in [0.15, 0.2) is 6.61 Å². The number of benzene rings is 1. The summed E-state index contributed by atoms with van der Waals surface area (Å²) in [6, 6.07) is 9.13. The SMILES string of the molecule is COC(=O)COc1ccc(CNC(=O)OC(C)(C)C)cc1-c1ccncc1. The molecule has 0 aliphatic carbocycles. The summed E-state index contributed by atoms with van der Waals surface area (Å²) in [5, 5.41) is 2.72. The number of pyridine rings is 1. The van der Waals surface area contributed by atoms with Gasteiger partial charge in [-0.1, -0.05) is 6.07 Å². The predicted molar refractivity (Wildman–Crippen MR) is 100 cm³/mol. The van der Waals surface area contributed by atoms with Crippen LogP contribution in [0.1, 0.15) is 26.3 Å². The first-order valence-corrected chi connectivity index (χ1v) is 8.48. The number of rotatable bonds is 6. The largest absolute Gasteiger partial charge is 0.481 e. The van der Waals surface area contributed by atoms with E-state index >= 15 is 0 Å². The third-order valence-electron chi connectivity index (χ3n) is 3.44. The lowest BCUT2D eigenvalue weighted by Crippen LogP contribution is -2.32. The van der Waals surface area contributed by atoms with Gasteiger partial charge in [0.05, 0.1) is 7.11 Å². The molecule has 0 saturated carbocycles. The molecule has 7 heteroatoms. The van der Waals surface area contributed by atoms with Gasteiger partial charge in [-0.3, -0.25) is 4.98 Å². The Morgan fingerprint density at radius 3 is 2.44 bits per heavy atom. The third kappa shape index (κ3) is 6.62. The minimum atomic E-state index is -0.558. The Bertz CT molecular complexity index is 785. The molecule has 1 aromatic carbocycles. The van der Waals surface area contributed by atoms with Crippen LogP contribution in [0.4, 0.5) is 4.79 Å². The van der Waals surface area contributed by atoms with Crippen LogP contribution < -0.4 is 10.1 Å². The van der Waals surface area contributed by atoms with E-state index in [9.17, 15) is 9.59 Å². The zero-order chi connectivity index (χ0) is 19.9. The average molecular weight is 372 g/mol. The zero-order valence-corrected chi connectivity index (χ0v) is 15.9. The van der Waals surface area contributed by atoms with Crippen molar-refractivity contribution in [3.63, 3.8) is 0 Å². The summed E-state index contributed by atoms with van der Waals surface area (Å²) in [5.41, 5.74) is 1.96. The van der Waals surface area contributed by atoms with Crippen molar-refractivity contribution in [3.05, 3.63) is 48.3 Å². The molecule has 7 nitrogen and oxygen atoms in total. The number of nitrogens with zero attached hydrogens (tertiary/aromatic N) is 1. The molecule has 2 aromatic rings. The minimum absolute atomic E-state index is 0.190. The molecule has 0 bridgehead atoms. The van der Waals surface area contributed by atoms with Crippen molar-refractivity contribution in [2.45, 2.75) is 32.9 Å². The fourth-order valence-electron chi connectivity index (χ4n) is 2.25. The first-order valence-electron chi connectivity index (χ1n) is 8.48. The molecule has 0 saturated heterocycles. The van der Waals surface area contributed by atoms with Crippen molar-refractivity contribution in [2.75, 3.05) is 13.7 Å². The molecule has 0 spiro atoms. The van der Waals surface area contributed by atoms with E-state index in [4.69, 9.17) is 9.47 Å². The van der Waals surface area contributed by atoms with E-state index in [2.05, 4.69) is 15.0 Å². The molecule has 1 aromatic heterocycles. The summed E-state index contributed by atoms with van der Waals surface area (Å²) in [7, 11) is 1.31. The number of amides is 1. The van der Waals surface area contributed by atoms with E-state index in [0.29, 0.717) is 12.3 Å². The zero-order valence-electron chi connectivity index (χ0n) is 15.9. The van der Waals surface area contributed by atoms with Crippen molar-refractivity contribution < 1.29 is 23.8 Å². The van der Waals surface area contributed by atoms with Gasteiger partial charge in [0, 0.05) is 24.5 Å². The van der Waals surface area contributed by atoms with E-state index in [1.165, 1.54) is 7.11 Å². The molecule has 1 amide bonds. The molecule has 27 heavy (non-hydrogen) atoms. The number of esters is 1. The molecule has 2 rings (SSSR count). The third-order valence-corrected chi connectivity index (χ3v) is 3.44. The number of hydrogen-bond acceptors (Lipinski definition) is 6. The van der Waals surface area contributed by atoms with E-state index < -0.39 is 17.7 Å². The van der Waals surface area contributed by atoms with Gasteiger partial charge < -0.3 is 19.5 Å². The normalized spacial score (nSPS) is 10.8. The van der Waals surface area contributed by atoms with Crippen LogP contribution in [0, 0.1) is 0 Å². The Balaban J connectivity index is 2.18. The molecule has 0 atom stereocenters. The van der Waals surface area contributed by atoms with Crippen LogP contribution in [-0.2, 0) is 20.8 Å². The summed E-state index contributed by atoms with van der Waals surface area (Å²) in [5.74, 6) is 0.0685. The Morgan fingerprint density at radius 2 is 1.81 bits per heavy atom. The number of aromatic nitrogens is 1. The number of methoxy groups -OCH3 is 1. The van der Waals surface area contributed by atoms with Crippen LogP contribution in [0.2, 0.25) is 0 Å². The number of alkyl carbamates (subject to hydrolysis) is 1. The topological polar surface area (TPSA) is 86.8 Å². The fourth-order valence-corrected chi connectivity index (χ4v) is 2.25. The van der Waals surface area contributed by atoms with Crippen LogP contribution in [0.25, 0.3) is 11.1 Å². The van der Waals surface area contributed by atoms with Crippen molar-refractivity contribution in [1.82, 2.24) is 10.3 Å². The monoisotopic (exact) mass is 372 g/mol. The van der Waals surface area contributed by atoms with E-state index in [1.54, 1.807) is 18.5 Å². The summed E-state index contributed by atoms with van der Waals surface area (Å²) in [4.78, 5) is 27.2. The van der Waals surface area contributed by atoms with Gasteiger partial charge in [-0.2, -0.15) is 0 Å². The molecule has 1 heterocycles. The number of ether oxygens (including phenoxy) is 3. The van der Waals surface area contributed by atoms with Crippen LogP contribution in [0.5, 0.6) is 5.75 Å². The predicted octanol–water partition coefficient (Wildman–Crippen LogP) is 3.33. The molecular weight excluding hydrogens is 348 g/mol. The molecule has 0 radical (unpaired) electrons. The number of carbonyl (C=O) groups is 2. The number of carbonyl (C=O) groups excluding carboxylic acids is 2. The Kier molecular flexibility index (Phi) is 6.76. The van der Waals surface area contributed by atoms with E-state index in [-0.39, 0.29) is 6.61 Å². The fraction of sp³-hybridized carbons (Fsp3) is 0.350. The smallest absolute Gasteiger partial charge is 0.407 e. The minimum Gasteiger partial charge on any atom is -0.481 e. The Labute approximate surface area is 158 Å². The van der Waals surface area contributed by atoms with Crippen LogP contribution in [0.3, 0.4) is 0 Å². The van der Waals surface area contributed by atoms with Gasteiger partial charge in [0.1, 0.15) is 11.4 Å². The lowest BCUT2D eigenvalue weighted by atomic mass is 10.0. The van der Waals surface area contributed by atoms with E-state index in [1.807, 2.05) is 45.0 Å². The average Bonchev–Trinajstić information content (AvgIpc) is 2.64. The highest BCUT2D eigenvalue weighted by Crippen LogP contribution is 2.31. The van der Waals surface area contributed by atoms with Crippen LogP contribution in [-0.4, -0.2) is 36.4 Å². The maximum Gasteiger partial charge on any atom is 0.407 e. The number of nitrogens with one attached hydrogen (secondary N) is 1. The first kappa shape index (κ1) is 20.2. The standard InChI is InChI=1S/C20H24N2O5/c1-20(2,3)27-19(24)22-12-14-5-6-17(26-13-18(23)25-4)16(11-14)15-7-9-21-10-8-15/h5-11H,12-13H2,1-4H3,(H,22,24). The molecule has 0 unspecified atom stereocenters. The highest BCUT2D eigenvalue weighted by molar-refractivity contribution is 5.74. The van der Waals surface area contributed by atoms with Crippen molar-refractivity contribution in [3.8, 4) is 16.9 Å². The van der Waals surface area contributed by atoms with Gasteiger partial charge in [-0.15, -0.1) is 0 Å². The molecule has 1 N–H and O–H groups in total. The lowest BCUT2D eigenvalue weighted by molar-refractivity contribution is -0.142. The van der Waals surface area contributed by atoms with E-state index in [0.717, 1.165) is 16.7 Å². The van der Waals surface area contributed by atoms with Crippen molar-refractivity contribution in [1.29, 1.82) is 0 Å². The molecule has 144 valence electrons. The van der Waals surface area contributed by atoms with Gasteiger partial charge >= 0.3 is 12.1 Å². The van der Waals surface area contributed by atoms with Gasteiger partial charge in [0.25, 0.3) is 0 Å². The van der Waals surface area contributed by atoms with Crippen LogP contribution in [0.15, 0.2) is 42.7 Å². The van der Waals surface area contributed by atoms with Gasteiger partial charge in [-0.25, -0.2) is 9.59 Å². The summed E-state index contributed by atoms with van der Waals surface area (Å²) in [6.45, 7) is 5.53. The molecule has 0 aliphatic heterocycles. The summed E-state index contributed by atoms with van der Waals surface area (Å²) < 4.78 is 15.4. The van der Waals surface area contributed by atoms with Crippen LogP contribution >= 0.6 is 0 Å². The Hall–Kier alpha value is -3.09. The Morgan fingerprint density at radius 1 is 1.11 bits per heavy atom. The molecule has 0 fully saturated rings. The second-order valence-corrected chi connectivity index (χ2v) is 6.79. The highest BCUT2D eigenvalue weighted by Gasteiger charge is 2.16. The summed E-state index contributed by atoms with van der Waals surface area (Å²) >= 11 is 0. The lowest BCUT2D eigenvalue weighted by Gasteiger charge is -2.20. The second-order valence-electron chi connectivity index (χ2n) is 6.79. The first-order chi connectivity index (χ1) is 12.8. The summed E-state index contributed by atoms with van der Waals surface area (Å²) in [6.07, 6.45) is 2.86. The van der Waals surface area contributed by atoms with Gasteiger partial charge in [0.2, 0.25) is 0 Å².